The van der Waals surface area contributed by atoms with E-state index in [-0.39, 0.29) is 11.4 Å². The fraction of sp³-hybridized carbons (Fsp3) is 0.179. The standard InChI is InChI=1S/C28H21ClN4O6/c1-39-21-11-6-16(29)14-20(21)30-26(34)25-23-22(24-19-5-3-2-4-15(19)12-13-31(24)25)27(35)32(28(23)36)17-7-9-18(10-8-17)33(37)38/h2-14,22-25H,1H3,(H,30,34)/t22-,23+,24-,25-/m0/s1. The molecule has 3 aliphatic heterocycles. The van der Waals surface area contributed by atoms with Gasteiger partial charge in [-0.15, -0.1) is 0 Å². The van der Waals surface area contributed by atoms with Gasteiger partial charge in [-0.2, -0.15) is 0 Å². The number of imide groups is 1. The molecule has 0 spiro atoms. The molecule has 11 heteroatoms. The molecular formula is C28H21ClN4O6. The fourth-order valence-corrected chi connectivity index (χ4v) is 5.99. The summed E-state index contributed by atoms with van der Waals surface area (Å²) >= 11 is 6.16. The van der Waals surface area contributed by atoms with Gasteiger partial charge in [0.2, 0.25) is 17.7 Å². The Balaban J connectivity index is 1.43. The lowest BCUT2D eigenvalue weighted by molar-refractivity contribution is -0.384. The predicted molar refractivity (Wildman–Crippen MR) is 143 cm³/mol. The third kappa shape index (κ3) is 3.83. The summed E-state index contributed by atoms with van der Waals surface area (Å²) in [6.45, 7) is 0. The van der Waals surface area contributed by atoms with Crippen LogP contribution < -0.4 is 15.0 Å². The quantitative estimate of drug-likeness (QED) is 0.287. The molecule has 3 amide bonds. The first-order chi connectivity index (χ1) is 18.8. The summed E-state index contributed by atoms with van der Waals surface area (Å²) in [5.74, 6) is -2.97. The van der Waals surface area contributed by atoms with E-state index in [1.165, 1.54) is 31.4 Å². The molecule has 0 bridgehead atoms. The smallest absolute Gasteiger partial charge is 0.269 e. The van der Waals surface area contributed by atoms with Crippen molar-refractivity contribution in [2.24, 2.45) is 11.8 Å². The van der Waals surface area contributed by atoms with Gasteiger partial charge >= 0.3 is 0 Å². The Kier molecular flexibility index (Phi) is 5.84. The van der Waals surface area contributed by atoms with Gasteiger partial charge in [-0.05, 0) is 47.5 Å². The van der Waals surface area contributed by atoms with E-state index < -0.39 is 46.6 Å². The summed E-state index contributed by atoms with van der Waals surface area (Å²) in [5.41, 5.74) is 2.11. The molecule has 196 valence electrons. The minimum atomic E-state index is -1.02. The second kappa shape index (κ2) is 9.25. The van der Waals surface area contributed by atoms with Gasteiger partial charge in [0.1, 0.15) is 11.8 Å². The topological polar surface area (TPSA) is 122 Å². The zero-order chi connectivity index (χ0) is 27.4. The van der Waals surface area contributed by atoms with Gasteiger partial charge in [0, 0.05) is 23.4 Å². The Morgan fingerprint density at radius 1 is 1.03 bits per heavy atom. The first-order valence-electron chi connectivity index (χ1n) is 12.1. The highest BCUT2D eigenvalue weighted by molar-refractivity contribution is 6.31. The molecule has 3 aromatic carbocycles. The average Bonchev–Trinajstić information content (AvgIpc) is 3.41. The Bertz CT molecular complexity index is 1570. The van der Waals surface area contributed by atoms with Crippen molar-refractivity contribution >= 4 is 52.5 Å². The van der Waals surface area contributed by atoms with Gasteiger partial charge < -0.3 is 15.0 Å². The second-order valence-electron chi connectivity index (χ2n) is 9.45. The van der Waals surface area contributed by atoms with Crippen LogP contribution >= 0.6 is 11.6 Å². The number of anilines is 2. The van der Waals surface area contributed by atoms with Crippen molar-refractivity contribution in [2.45, 2.75) is 12.1 Å². The van der Waals surface area contributed by atoms with Gasteiger partial charge in [0.15, 0.2) is 0 Å². The number of hydrogen-bond acceptors (Lipinski definition) is 7. The van der Waals surface area contributed by atoms with Crippen LogP contribution in [0.1, 0.15) is 17.2 Å². The van der Waals surface area contributed by atoms with E-state index in [2.05, 4.69) is 5.32 Å². The van der Waals surface area contributed by atoms with Crippen LogP contribution in [0.2, 0.25) is 5.02 Å². The first kappa shape index (κ1) is 24.6. The van der Waals surface area contributed by atoms with Crippen molar-refractivity contribution in [3.05, 3.63) is 99.2 Å². The van der Waals surface area contributed by atoms with Crippen molar-refractivity contribution in [3.8, 4) is 5.75 Å². The number of fused-ring (bicyclic) bond motifs is 5. The maximum Gasteiger partial charge on any atom is 0.269 e. The molecule has 10 nitrogen and oxygen atoms in total. The lowest BCUT2D eigenvalue weighted by Gasteiger charge is -2.35. The number of carbonyl (C=O) groups is 3. The Labute approximate surface area is 227 Å². The highest BCUT2D eigenvalue weighted by Gasteiger charge is 2.64. The average molecular weight is 545 g/mol. The van der Waals surface area contributed by atoms with Crippen molar-refractivity contribution in [2.75, 3.05) is 17.3 Å². The summed E-state index contributed by atoms with van der Waals surface area (Å²) in [7, 11) is 1.46. The number of ether oxygens (including phenoxy) is 1. The van der Waals surface area contributed by atoms with E-state index in [4.69, 9.17) is 16.3 Å². The minimum absolute atomic E-state index is 0.164. The Morgan fingerprint density at radius 3 is 2.46 bits per heavy atom. The highest BCUT2D eigenvalue weighted by atomic mass is 35.5. The summed E-state index contributed by atoms with van der Waals surface area (Å²) in [6.07, 6.45) is 3.61. The van der Waals surface area contributed by atoms with Crippen molar-refractivity contribution in [3.63, 3.8) is 0 Å². The number of methoxy groups -OCH3 is 1. The predicted octanol–water partition coefficient (Wildman–Crippen LogP) is 4.41. The van der Waals surface area contributed by atoms with Crippen molar-refractivity contribution < 1.29 is 24.0 Å². The molecule has 0 aromatic heterocycles. The van der Waals surface area contributed by atoms with Gasteiger partial charge in [0.05, 0.1) is 41.3 Å². The third-order valence-electron chi connectivity index (χ3n) is 7.47. The van der Waals surface area contributed by atoms with Gasteiger partial charge in [0.25, 0.3) is 5.69 Å². The largest absolute Gasteiger partial charge is 0.495 e. The third-order valence-corrected chi connectivity index (χ3v) is 7.70. The van der Waals surface area contributed by atoms with E-state index in [1.54, 1.807) is 29.3 Å². The molecule has 3 aliphatic rings. The molecule has 2 fully saturated rings. The number of nitro benzene ring substituents is 1. The zero-order valence-corrected chi connectivity index (χ0v) is 21.2. The molecule has 0 aliphatic carbocycles. The van der Waals surface area contributed by atoms with E-state index in [0.29, 0.717) is 16.5 Å². The maximum absolute atomic E-state index is 13.9. The SMILES string of the molecule is COc1ccc(Cl)cc1NC(=O)[C@@H]1[C@@H]2C(=O)N(c3ccc([N+](=O)[O-])cc3)C(=O)[C@@H]2[C@@H]2c3ccccc3C=CN12. The van der Waals surface area contributed by atoms with Crippen LogP contribution in [0.25, 0.3) is 6.08 Å². The number of nitrogens with zero attached hydrogens (tertiary/aromatic N) is 3. The number of rotatable bonds is 5. The molecule has 0 radical (unpaired) electrons. The monoisotopic (exact) mass is 544 g/mol. The normalized spacial score (nSPS) is 22.8. The minimum Gasteiger partial charge on any atom is -0.495 e. The molecule has 3 heterocycles. The van der Waals surface area contributed by atoms with Crippen LogP contribution in [0.3, 0.4) is 0 Å². The molecule has 1 N–H and O–H groups in total. The number of halogens is 1. The van der Waals surface area contributed by atoms with Crippen LogP contribution in [0.15, 0.2) is 72.9 Å². The number of non-ortho nitro benzene ring substituents is 1. The van der Waals surface area contributed by atoms with Crippen LogP contribution in [0, 0.1) is 22.0 Å². The molecule has 6 rings (SSSR count). The van der Waals surface area contributed by atoms with Crippen LogP contribution in [0.4, 0.5) is 17.1 Å². The maximum atomic E-state index is 13.9. The summed E-state index contributed by atoms with van der Waals surface area (Å²) in [6, 6.07) is 16.0. The number of nitrogens with one attached hydrogen (secondary N) is 1. The first-order valence-corrected chi connectivity index (χ1v) is 12.5. The molecule has 0 unspecified atom stereocenters. The zero-order valence-electron chi connectivity index (χ0n) is 20.5. The molecule has 4 atom stereocenters. The summed E-state index contributed by atoms with van der Waals surface area (Å²) < 4.78 is 5.36. The number of benzene rings is 3. The van der Waals surface area contributed by atoms with E-state index in [1.807, 2.05) is 30.3 Å². The highest BCUT2D eigenvalue weighted by Crippen LogP contribution is 2.53. The lowest BCUT2D eigenvalue weighted by Crippen LogP contribution is -2.46. The Hall–Kier alpha value is -4.70. The molecule has 39 heavy (non-hydrogen) atoms. The number of carbonyl (C=O) groups excluding carboxylic acids is 3. The van der Waals surface area contributed by atoms with Gasteiger partial charge in [-0.1, -0.05) is 35.9 Å². The van der Waals surface area contributed by atoms with Crippen molar-refractivity contribution in [1.82, 2.24) is 4.90 Å². The number of amides is 3. The fourth-order valence-electron chi connectivity index (χ4n) is 5.82. The number of hydrogen-bond donors (Lipinski definition) is 1. The van der Waals surface area contributed by atoms with Crippen LogP contribution in [-0.4, -0.2) is 40.7 Å². The van der Waals surface area contributed by atoms with Crippen molar-refractivity contribution in [1.29, 1.82) is 0 Å². The molecule has 2 saturated heterocycles. The van der Waals surface area contributed by atoms with Gasteiger partial charge in [-0.25, -0.2) is 4.90 Å². The van der Waals surface area contributed by atoms with E-state index >= 15 is 0 Å². The van der Waals surface area contributed by atoms with Crippen LogP contribution in [-0.2, 0) is 14.4 Å². The van der Waals surface area contributed by atoms with E-state index in [0.717, 1.165) is 16.0 Å². The molecular weight excluding hydrogens is 524 g/mol. The van der Waals surface area contributed by atoms with E-state index in [9.17, 15) is 24.5 Å². The summed E-state index contributed by atoms with van der Waals surface area (Å²) in [5, 5.41) is 14.3. The van der Waals surface area contributed by atoms with Gasteiger partial charge in [-0.3, -0.25) is 24.5 Å². The molecule has 3 aromatic rings. The second-order valence-corrected chi connectivity index (χ2v) is 9.89. The lowest BCUT2D eigenvalue weighted by atomic mass is 9.84. The molecule has 0 saturated carbocycles. The Morgan fingerprint density at radius 2 is 1.74 bits per heavy atom. The number of nitro groups is 1. The van der Waals surface area contributed by atoms with Crippen LogP contribution in [0.5, 0.6) is 5.75 Å². The summed E-state index contributed by atoms with van der Waals surface area (Å²) in [4.78, 5) is 55.1.